The molecule has 1 amide bonds. The summed E-state index contributed by atoms with van der Waals surface area (Å²) in [5, 5.41) is 4.37. The zero-order chi connectivity index (χ0) is 17.1. The molecule has 0 atom stereocenters. The maximum Gasteiger partial charge on any atom is 0.244 e. The smallest absolute Gasteiger partial charge is 0.244 e. The number of aryl methyl sites for hydroxylation is 2. The Balaban J connectivity index is 1.56. The topological polar surface area (TPSA) is 50.6 Å². The van der Waals surface area contributed by atoms with Crippen LogP contribution in [0, 0.1) is 13.8 Å². The third kappa shape index (κ3) is 3.53. The molecule has 1 aromatic heterocycles. The van der Waals surface area contributed by atoms with Crippen LogP contribution in [-0.2, 0) is 11.3 Å². The lowest BCUT2D eigenvalue weighted by Crippen LogP contribution is -2.49. The Kier molecular flexibility index (Phi) is 4.74. The zero-order valence-corrected chi connectivity index (χ0v) is 14.5. The quantitative estimate of drug-likeness (QED) is 0.860. The van der Waals surface area contributed by atoms with Crippen LogP contribution in [0.2, 0.25) is 0 Å². The summed E-state index contributed by atoms with van der Waals surface area (Å²) in [6.07, 6.45) is 0. The molecule has 0 bridgehead atoms. The predicted octanol–water partition coefficient (Wildman–Crippen LogP) is 1.86. The van der Waals surface area contributed by atoms with Crippen LogP contribution in [0.5, 0.6) is 5.75 Å². The highest BCUT2D eigenvalue weighted by molar-refractivity contribution is 5.76. The van der Waals surface area contributed by atoms with Crippen LogP contribution in [0.1, 0.15) is 11.4 Å². The highest BCUT2D eigenvalue weighted by Gasteiger charge is 2.22. The van der Waals surface area contributed by atoms with Crippen molar-refractivity contribution < 1.29 is 9.53 Å². The van der Waals surface area contributed by atoms with Crippen LogP contribution in [0.4, 0.5) is 5.69 Å². The number of carbonyl (C=O) groups is 1. The number of hydrogen-bond donors (Lipinski definition) is 0. The molecule has 0 spiro atoms. The molecule has 6 nitrogen and oxygen atoms in total. The van der Waals surface area contributed by atoms with Gasteiger partial charge in [0.1, 0.15) is 12.3 Å². The monoisotopic (exact) mass is 328 g/mol. The first-order valence-corrected chi connectivity index (χ1v) is 8.24. The van der Waals surface area contributed by atoms with Crippen LogP contribution < -0.4 is 9.64 Å². The Hall–Kier alpha value is -2.50. The van der Waals surface area contributed by atoms with Crippen LogP contribution in [0.3, 0.4) is 0 Å². The number of nitrogens with zero attached hydrogens (tertiary/aromatic N) is 4. The third-order valence-electron chi connectivity index (χ3n) is 4.46. The second-order valence-corrected chi connectivity index (χ2v) is 6.15. The van der Waals surface area contributed by atoms with Gasteiger partial charge in [0.25, 0.3) is 0 Å². The van der Waals surface area contributed by atoms with Crippen molar-refractivity contribution in [2.24, 2.45) is 0 Å². The number of amides is 1. The van der Waals surface area contributed by atoms with Gasteiger partial charge in [0.2, 0.25) is 5.91 Å². The molecule has 2 heterocycles. The van der Waals surface area contributed by atoms with E-state index in [1.165, 1.54) is 5.69 Å². The molecule has 0 saturated carbocycles. The van der Waals surface area contributed by atoms with Gasteiger partial charge in [0, 0.05) is 37.6 Å². The molecule has 2 aromatic rings. The Morgan fingerprint density at radius 3 is 2.33 bits per heavy atom. The molecule has 1 fully saturated rings. The van der Waals surface area contributed by atoms with Crippen LogP contribution in [-0.4, -0.2) is 53.9 Å². The van der Waals surface area contributed by atoms with Gasteiger partial charge < -0.3 is 14.5 Å². The normalized spacial score (nSPS) is 14.8. The summed E-state index contributed by atoms with van der Waals surface area (Å²) in [6.45, 7) is 7.41. The number of ether oxygens (including phenoxy) is 1. The predicted molar refractivity (Wildman–Crippen MR) is 93.5 cm³/mol. The van der Waals surface area contributed by atoms with Crippen molar-refractivity contribution in [2.75, 3.05) is 38.2 Å². The van der Waals surface area contributed by atoms with E-state index in [-0.39, 0.29) is 5.91 Å². The van der Waals surface area contributed by atoms with Gasteiger partial charge in [-0.1, -0.05) is 0 Å². The number of methoxy groups -OCH3 is 1. The molecule has 0 N–H and O–H groups in total. The Morgan fingerprint density at radius 2 is 1.79 bits per heavy atom. The van der Waals surface area contributed by atoms with Crippen molar-refractivity contribution in [3.8, 4) is 5.75 Å². The van der Waals surface area contributed by atoms with E-state index in [1.807, 2.05) is 36.9 Å². The largest absolute Gasteiger partial charge is 0.497 e. The minimum Gasteiger partial charge on any atom is -0.497 e. The van der Waals surface area contributed by atoms with Crippen molar-refractivity contribution in [3.63, 3.8) is 0 Å². The first-order valence-electron chi connectivity index (χ1n) is 8.24. The van der Waals surface area contributed by atoms with Gasteiger partial charge in [-0.3, -0.25) is 9.48 Å². The molecule has 1 aromatic carbocycles. The van der Waals surface area contributed by atoms with Crippen molar-refractivity contribution >= 4 is 11.6 Å². The summed E-state index contributed by atoms with van der Waals surface area (Å²) in [5.41, 5.74) is 3.14. The molecule has 0 aliphatic carbocycles. The molecule has 1 saturated heterocycles. The number of anilines is 1. The van der Waals surface area contributed by atoms with Gasteiger partial charge in [0.15, 0.2) is 0 Å². The van der Waals surface area contributed by atoms with Crippen LogP contribution in [0.25, 0.3) is 0 Å². The highest BCUT2D eigenvalue weighted by Crippen LogP contribution is 2.20. The Bertz CT molecular complexity index is 700. The van der Waals surface area contributed by atoms with E-state index in [2.05, 4.69) is 22.1 Å². The molecule has 24 heavy (non-hydrogen) atoms. The van der Waals surface area contributed by atoms with E-state index in [1.54, 1.807) is 11.8 Å². The molecule has 6 heteroatoms. The first kappa shape index (κ1) is 16.4. The van der Waals surface area contributed by atoms with Crippen molar-refractivity contribution in [3.05, 3.63) is 41.7 Å². The van der Waals surface area contributed by atoms with Crippen LogP contribution in [0.15, 0.2) is 30.3 Å². The SMILES string of the molecule is COc1ccc(N2CCN(C(=O)Cn3nc(C)cc3C)CC2)cc1. The standard InChI is InChI=1S/C18H24N4O2/c1-14-12-15(2)22(19-14)13-18(23)21-10-8-20(9-11-21)16-4-6-17(24-3)7-5-16/h4-7,12H,8-11,13H2,1-3H3. The van der Waals surface area contributed by atoms with Crippen molar-refractivity contribution in [2.45, 2.75) is 20.4 Å². The number of hydrogen-bond acceptors (Lipinski definition) is 4. The minimum atomic E-state index is 0.135. The second-order valence-electron chi connectivity index (χ2n) is 6.15. The molecular formula is C18H24N4O2. The van der Waals surface area contributed by atoms with Gasteiger partial charge >= 0.3 is 0 Å². The Morgan fingerprint density at radius 1 is 1.12 bits per heavy atom. The molecule has 0 unspecified atom stereocenters. The summed E-state index contributed by atoms with van der Waals surface area (Å²) in [4.78, 5) is 16.7. The molecule has 1 aliphatic rings. The van der Waals surface area contributed by atoms with E-state index < -0.39 is 0 Å². The van der Waals surface area contributed by atoms with Gasteiger partial charge in [-0.2, -0.15) is 5.10 Å². The van der Waals surface area contributed by atoms with E-state index in [9.17, 15) is 4.79 Å². The number of rotatable bonds is 4. The maximum absolute atomic E-state index is 12.5. The molecule has 0 radical (unpaired) electrons. The lowest BCUT2D eigenvalue weighted by molar-refractivity contribution is -0.132. The molecular weight excluding hydrogens is 304 g/mol. The minimum absolute atomic E-state index is 0.135. The summed E-state index contributed by atoms with van der Waals surface area (Å²) < 4.78 is 6.98. The van der Waals surface area contributed by atoms with E-state index in [4.69, 9.17) is 4.74 Å². The van der Waals surface area contributed by atoms with Crippen molar-refractivity contribution in [1.82, 2.24) is 14.7 Å². The van der Waals surface area contributed by atoms with E-state index in [0.29, 0.717) is 6.54 Å². The van der Waals surface area contributed by atoms with Gasteiger partial charge in [-0.15, -0.1) is 0 Å². The third-order valence-corrected chi connectivity index (χ3v) is 4.46. The fourth-order valence-corrected chi connectivity index (χ4v) is 3.07. The van der Waals surface area contributed by atoms with Gasteiger partial charge in [-0.25, -0.2) is 0 Å². The zero-order valence-electron chi connectivity index (χ0n) is 14.5. The summed E-state index contributed by atoms with van der Waals surface area (Å²) in [5.74, 6) is 0.994. The average Bonchev–Trinajstić information content (AvgIpc) is 2.92. The fourth-order valence-electron chi connectivity index (χ4n) is 3.07. The number of benzene rings is 1. The summed E-state index contributed by atoms with van der Waals surface area (Å²) in [6, 6.07) is 10.1. The highest BCUT2D eigenvalue weighted by atomic mass is 16.5. The fraction of sp³-hybridized carbons (Fsp3) is 0.444. The molecule has 1 aliphatic heterocycles. The molecule has 3 rings (SSSR count). The number of piperazine rings is 1. The van der Waals surface area contributed by atoms with Crippen LogP contribution >= 0.6 is 0 Å². The number of aromatic nitrogens is 2. The van der Waals surface area contributed by atoms with Crippen molar-refractivity contribution in [1.29, 1.82) is 0 Å². The maximum atomic E-state index is 12.5. The van der Waals surface area contributed by atoms with Gasteiger partial charge in [0.05, 0.1) is 12.8 Å². The summed E-state index contributed by atoms with van der Waals surface area (Å²) in [7, 11) is 1.67. The van der Waals surface area contributed by atoms with E-state index in [0.717, 1.165) is 43.3 Å². The van der Waals surface area contributed by atoms with E-state index >= 15 is 0 Å². The second kappa shape index (κ2) is 6.95. The molecule has 128 valence electrons. The first-order chi connectivity index (χ1) is 11.6. The number of carbonyl (C=O) groups excluding carboxylic acids is 1. The Labute approximate surface area is 142 Å². The van der Waals surface area contributed by atoms with Gasteiger partial charge in [-0.05, 0) is 44.2 Å². The average molecular weight is 328 g/mol. The lowest BCUT2D eigenvalue weighted by atomic mass is 10.2. The summed E-state index contributed by atoms with van der Waals surface area (Å²) >= 11 is 0. The lowest BCUT2D eigenvalue weighted by Gasteiger charge is -2.36.